The third-order valence-corrected chi connectivity index (χ3v) is 3.02. The Bertz CT molecular complexity index is 542. The number of Topliss-reactive ketones (excluding diaryl/α,β-unsaturated/α-hetero) is 1. The number of ketones is 1. The molecule has 0 saturated heterocycles. The highest BCUT2D eigenvalue weighted by atomic mass is 35.5. The first-order chi connectivity index (χ1) is 7.58. The number of hydrogen-bond acceptors (Lipinski definition) is 1. The minimum absolute atomic E-state index is 0.228. The predicted octanol–water partition coefficient (Wildman–Crippen LogP) is 3.35. The molecule has 16 heavy (non-hydrogen) atoms. The van der Waals surface area contributed by atoms with E-state index in [4.69, 9.17) is 11.6 Å². The molecule has 84 valence electrons. The van der Waals surface area contributed by atoms with E-state index in [2.05, 4.69) is 10.8 Å². The second-order valence-electron chi connectivity index (χ2n) is 4.13. The van der Waals surface area contributed by atoms with Gasteiger partial charge in [0.2, 0.25) is 0 Å². The summed E-state index contributed by atoms with van der Waals surface area (Å²) in [6.45, 7) is 1.63. The van der Waals surface area contributed by atoms with Crippen LogP contribution in [-0.4, -0.2) is 10.4 Å². The minimum Gasteiger partial charge on any atom is -0.350 e. The molecule has 0 spiro atoms. The lowest BCUT2D eigenvalue weighted by atomic mass is 10.1. The Kier molecular flexibility index (Phi) is 3.01. The first-order valence-electron chi connectivity index (χ1n) is 5.31. The SMILES string of the molecule is CC(=O)CCc1cn(C)c2cc(Cl)ccc12. The highest BCUT2D eigenvalue weighted by Crippen LogP contribution is 2.24. The van der Waals surface area contributed by atoms with Gasteiger partial charge in [-0.25, -0.2) is 0 Å². The van der Waals surface area contributed by atoms with E-state index in [1.807, 2.05) is 25.2 Å². The van der Waals surface area contributed by atoms with Crippen molar-refractivity contribution in [3.05, 3.63) is 35.0 Å². The first kappa shape index (κ1) is 11.2. The normalized spacial score (nSPS) is 10.9. The van der Waals surface area contributed by atoms with Crippen LogP contribution in [-0.2, 0) is 18.3 Å². The standard InChI is InChI=1S/C13H14ClNO/c1-9(16)3-4-10-8-15(2)13-7-11(14)5-6-12(10)13/h5-8H,3-4H2,1-2H3. The van der Waals surface area contributed by atoms with Crippen LogP contribution < -0.4 is 0 Å². The average molecular weight is 236 g/mol. The average Bonchev–Trinajstić information content (AvgIpc) is 2.53. The minimum atomic E-state index is 0.228. The molecule has 0 radical (unpaired) electrons. The van der Waals surface area contributed by atoms with E-state index < -0.39 is 0 Å². The van der Waals surface area contributed by atoms with Crippen molar-refractivity contribution in [1.29, 1.82) is 0 Å². The molecule has 0 fully saturated rings. The van der Waals surface area contributed by atoms with Crippen LogP contribution in [0.5, 0.6) is 0 Å². The third-order valence-electron chi connectivity index (χ3n) is 2.78. The number of benzene rings is 1. The number of aromatic nitrogens is 1. The maximum absolute atomic E-state index is 11.0. The van der Waals surface area contributed by atoms with Gasteiger partial charge in [-0.3, -0.25) is 0 Å². The Hall–Kier alpha value is -1.28. The molecular formula is C13H14ClNO. The molecule has 0 aliphatic heterocycles. The summed E-state index contributed by atoms with van der Waals surface area (Å²) >= 11 is 5.96. The molecule has 0 N–H and O–H groups in total. The highest BCUT2D eigenvalue weighted by molar-refractivity contribution is 6.31. The van der Waals surface area contributed by atoms with Gasteiger partial charge in [-0.15, -0.1) is 0 Å². The van der Waals surface area contributed by atoms with Crippen molar-refractivity contribution in [2.75, 3.05) is 0 Å². The Morgan fingerprint density at radius 2 is 2.19 bits per heavy atom. The first-order valence-corrected chi connectivity index (χ1v) is 5.68. The summed E-state index contributed by atoms with van der Waals surface area (Å²) in [6.07, 6.45) is 3.47. The molecular weight excluding hydrogens is 222 g/mol. The van der Waals surface area contributed by atoms with Gasteiger partial charge in [-0.2, -0.15) is 0 Å². The highest BCUT2D eigenvalue weighted by Gasteiger charge is 2.07. The zero-order chi connectivity index (χ0) is 11.7. The molecule has 1 heterocycles. The molecule has 2 aromatic rings. The fourth-order valence-corrected chi connectivity index (χ4v) is 2.12. The Morgan fingerprint density at radius 1 is 1.44 bits per heavy atom. The maximum Gasteiger partial charge on any atom is 0.130 e. The van der Waals surface area contributed by atoms with Crippen molar-refractivity contribution in [3.63, 3.8) is 0 Å². The van der Waals surface area contributed by atoms with Crippen LogP contribution in [0.4, 0.5) is 0 Å². The Morgan fingerprint density at radius 3 is 2.88 bits per heavy atom. The molecule has 1 aromatic carbocycles. The summed E-state index contributed by atoms with van der Waals surface area (Å²) in [5.74, 6) is 0.228. The van der Waals surface area contributed by atoms with Crippen LogP contribution in [0.2, 0.25) is 5.02 Å². The van der Waals surface area contributed by atoms with E-state index in [0.717, 1.165) is 17.0 Å². The zero-order valence-electron chi connectivity index (χ0n) is 9.46. The Balaban J connectivity index is 2.43. The lowest BCUT2D eigenvalue weighted by Crippen LogP contribution is -1.93. The third kappa shape index (κ3) is 2.12. The number of aryl methyl sites for hydroxylation is 2. The molecule has 2 nitrogen and oxygen atoms in total. The van der Waals surface area contributed by atoms with Crippen LogP contribution in [0.15, 0.2) is 24.4 Å². The monoisotopic (exact) mass is 235 g/mol. The van der Waals surface area contributed by atoms with Crippen molar-refractivity contribution in [2.24, 2.45) is 7.05 Å². The van der Waals surface area contributed by atoms with Crippen LogP contribution >= 0.6 is 11.6 Å². The van der Waals surface area contributed by atoms with E-state index in [1.165, 1.54) is 10.9 Å². The van der Waals surface area contributed by atoms with Crippen molar-refractivity contribution in [3.8, 4) is 0 Å². The fourth-order valence-electron chi connectivity index (χ4n) is 1.95. The van der Waals surface area contributed by atoms with E-state index >= 15 is 0 Å². The van der Waals surface area contributed by atoms with Gasteiger partial charge in [0.05, 0.1) is 0 Å². The summed E-state index contributed by atoms with van der Waals surface area (Å²) < 4.78 is 2.05. The largest absolute Gasteiger partial charge is 0.350 e. The van der Waals surface area contributed by atoms with Gasteiger partial charge < -0.3 is 9.36 Å². The van der Waals surface area contributed by atoms with Crippen molar-refractivity contribution in [2.45, 2.75) is 19.8 Å². The van der Waals surface area contributed by atoms with E-state index in [1.54, 1.807) is 6.92 Å². The summed E-state index contributed by atoms with van der Waals surface area (Å²) in [7, 11) is 2.00. The molecule has 0 saturated carbocycles. The van der Waals surface area contributed by atoms with Gasteiger partial charge in [0.1, 0.15) is 5.78 Å². The molecule has 0 atom stereocenters. The van der Waals surface area contributed by atoms with Crippen LogP contribution in [0, 0.1) is 0 Å². The number of rotatable bonds is 3. The number of carbonyl (C=O) groups excluding carboxylic acids is 1. The summed E-state index contributed by atoms with van der Waals surface area (Å²) in [4.78, 5) is 11.0. The van der Waals surface area contributed by atoms with Gasteiger partial charge in [0.15, 0.2) is 0 Å². The molecule has 0 aliphatic rings. The van der Waals surface area contributed by atoms with Crippen molar-refractivity contribution >= 4 is 28.3 Å². The number of carbonyl (C=O) groups is 1. The maximum atomic E-state index is 11.0. The van der Waals surface area contributed by atoms with Gasteiger partial charge >= 0.3 is 0 Å². The second kappa shape index (κ2) is 4.30. The molecule has 0 bridgehead atoms. The van der Waals surface area contributed by atoms with E-state index in [0.29, 0.717) is 6.42 Å². The Labute approximate surface area is 99.8 Å². The van der Waals surface area contributed by atoms with E-state index in [-0.39, 0.29) is 5.78 Å². The number of fused-ring (bicyclic) bond motifs is 1. The smallest absolute Gasteiger partial charge is 0.130 e. The zero-order valence-corrected chi connectivity index (χ0v) is 10.2. The van der Waals surface area contributed by atoms with E-state index in [9.17, 15) is 4.79 Å². The van der Waals surface area contributed by atoms with Crippen LogP contribution in [0.1, 0.15) is 18.9 Å². The summed E-state index contributed by atoms with van der Waals surface area (Å²) in [5, 5.41) is 1.93. The topological polar surface area (TPSA) is 22.0 Å². The van der Waals surface area contributed by atoms with Gasteiger partial charge in [0, 0.05) is 35.6 Å². The summed E-state index contributed by atoms with van der Waals surface area (Å²) in [6, 6.07) is 5.86. The second-order valence-corrected chi connectivity index (χ2v) is 4.57. The van der Waals surface area contributed by atoms with Crippen LogP contribution in [0.25, 0.3) is 10.9 Å². The molecule has 0 unspecified atom stereocenters. The number of nitrogens with zero attached hydrogens (tertiary/aromatic N) is 1. The number of hydrogen-bond donors (Lipinski definition) is 0. The van der Waals surface area contributed by atoms with Gasteiger partial charge in [0.25, 0.3) is 0 Å². The fraction of sp³-hybridized carbons (Fsp3) is 0.308. The molecule has 2 rings (SSSR count). The lowest BCUT2D eigenvalue weighted by Gasteiger charge is -1.97. The van der Waals surface area contributed by atoms with Crippen LogP contribution in [0.3, 0.4) is 0 Å². The quantitative estimate of drug-likeness (QED) is 0.800. The van der Waals surface area contributed by atoms with Crippen molar-refractivity contribution < 1.29 is 4.79 Å². The molecule has 3 heteroatoms. The van der Waals surface area contributed by atoms with Crippen molar-refractivity contribution in [1.82, 2.24) is 4.57 Å². The molecule has 0 aliphatic carbocycles. The van der Waals surface area contributed by atoms with Gasteiger partial charge in [-0.05, 0) is 31.0 Å². The van der Waals surface area contributed by atoms with Gasteiger partial charge in [-0.1, -0.05) is 17.7 Å². The summed E-state index contributed by atoms with van der Waals surface area (Å²) in [5.41, 5.74) is 2.33. The predicted molar refractivity (Wildman–Crippen MR) is 66.9 cm³/mol. The number of halogens is 1. The lowest BCUT2D eigenvalue weighted by molar-refractivity contribution is -0.116. The molecule has 1 aromatic heterocycles. The molecule has 0 amide bonds.